The van der Waals surface area contributed by atoms with E-state index in [0.717, 1.165) is 26.7 Å². The SMILES string of the molecule is O=C(Cc1csc(SCc2ccc(Br)cc2)n1)Nc1ccc(F)c(F)c1. The minimum Gasteiger partial charge on any atom is -0.326 e. The predicted octanol–water partition coefficient (Wildman–Crippen LogP) is 5.66. The van der Waals surface area contributed by atoms with Gasteiger partial charge in [-0.1, -0.05) is 39.8 Å². The summed E-state index contributed by atoms with van der Waals surface area (Å²) >= 11 is 6.49. The average molecular weight is 455 g/mol. The molecule has 0 fully saturated rings. The van der Waals surface area contributed by atoms with Crippen molar-refractivity contribution in [3.63, 3.8) is 0 Å². The van der Waals surface area contributed by atoms with Crippen LogP contribution in [0.25, 0.3) is 0 Å². The molecule has 0 aliphatic carbocycles. The number of rotatable bonds is 6. The van der Waals surface area contributed by atoms with E-state index in [0.29, 0.717) is 5.69 Å². The van der Waals surface area contributed by atoms with E-state index < -0.39 is 11.6 Å². The lowest BCUT2D eigenvalue weighted by Gasteiger charge is -2.04. The molecule has 26 heavy (non-hydrogen) atoms. The van der Waals surface area contributed by atoms with Crippen LogP contribution in [-0.4, -0.2) is 10.9 Å². The minimum atomic E-state index is -0.997. The van der Waals surface area contributed by atoms with E-state index in [1.807, 2.05) is 29.6 Å². The molecule has 0 spiro atoms. The highest BCUT2D eigenvalue weighted by Gasteiger charge is 2.10. The van der Waals surface area contributed by atoms with Crippen LogP contribution in [-0.2, 0) is 17.0 Å². The fraction of sp³-hybridized carbons (Fsp3) is 0.111. The molecule has 0 aliphatic heterocycles. The number of nitrogens with zero attached hydrogens (tertiary/aromatic N) is 1. The maximum Gasteiger partial charge on any atom is 0.230 e. The van der Waals surface area contributed by atoms with E-state index in [2.05, 4.69) is 26.2 Å². The summed E-state index contributed by atoms with van der Waals surface area (Å²) in [5.74, 6) is -1.48. The lowest BCUT2D eigenvalue weighted by molar-refractivity contribution is -0.115. The van der Waals surface area contributed by atoms with E-state index in [9.17, 15) is 13.6 Å². The first-order valence-electron chi connectivity index (χ1n) is 7.56. The molecule has 3 nitrogen and oxygen atoms in total. The first-order chi connectivity index (χ1) is 12.5. The van der Waals surface area contributed by atoms with Gasteiger partial charge in [-0.05, 0) is 29.8 Å². The van der Waals surface area contributed by atoms with Crippen LogP contribution in [0.4, 0.5) is 14.5 Å². The molecule has 1 aromatic heterocycles. The van der Waals surface area contributed by atoms with Gasteiger partial charge in [-0.2, -0.15) is 0 Å². The van der Waals surface area contributed by atoms with E-state index >= 15 is 0 Å². The van der Waals surface area contributed by atoms with Gasteiger partial charge in [0.2, 0.25) is 5.91 Å². The maximum atomic E-state index is 13.2. The Morgan fingerprint density at radius 3 is 2.65 bits per heavy atom. The smallest absolute Gasteiger partial charge is 0.230 e. The second-order valence-corrected chi connectivity index (χ2v) is 8.37. The van der Waals surface area contributed by atoms with Crippen LogP contribution >= 0.6 is 39.0 Å². The highest BCUT2D eigenvalue weighted by Crippen LogP contribution is 2.27. The van der Waals surface area contributed by atoms with E-state index in [1.165, 1.54) is 23.0 Å². The number of hydrogen-bond acceptors (Lipinski definition) is 4. The Kier molecular flexibility index (Phi) is 6.39. The fourth-order valence-electron chi connectivity index (χ4n) is 2.11. The van der Waals surface area contributed by atoms with Crippen molar-refractivity contribution in [1.29, 1.82) is 0 Å². The summed E-state index contributed by atoms with van der Waals surface area (Å²) in [7, 11) is 0. The molecule has 1 N–H and O–H groups in total. The molecular formula is C18H13BrF2N2OS2. The zero-order valence-electron chi connectivity index (χ0n) is 13.3. The third-order valence-electron chi connectivity index (χ3n) is 3.35. The van der Waals surface area contributed by atoms with Gasteiger partial charge in [0.25, 0.3) is 0 Å². The van der Waals surface area contributed by atoms with Crippen molar-refractivity contribution >= 4 is 50.6 Å². The van der Waals surface area contributed by atoms with E-state index in [4.69, 9.17) is 0 Å². The standard InChI is InChI=1S/C18H13BrF2N2OS2/c19-12-3-1-11(2-4-12)9-25-18-23-14(10-26-18)8-17(24)22-13-5-6-15(20)16(21)7-13/h1-7,10H,8-9H2,(H,22,24). The Morgan fingerprint density at radius 1 is 1.15 bits per heavy atom. The fourth-order valence-corrected chi connectivity index (χ4v) is 4.17. The molecule has 0 radical (unpaired) electrons. The monoisotopic (exact) mass is 454 g/mol. The number of carbonyl (C=O) groups is 1. The van der Waals surface area contributed by atoms with Crippen LogP contribution < -0.4 is 5.32 Å². The number of carbonyl (C=O) groups excluding carboxylic acids is 1. The molecule has 0 atom stereocenters. The number of hydrogen-bond donors (Lipinski definition) is 1. The van der Waals surface area contributed by atoms with Crippen LogP contribution in [0, 0.1) is 11.6 Å². The number of nitrogens with one attached hydrogen (secondary N) is 1. The number of thiazole rings is 1. The van der Waals surface area contributed by atoms with Gasteiger partial charge < -0.3 is 5.32 Å². The molecule has 1 amide bonds. The first-order valence-corrected chi connectivity index (χ1v) is 10.2. The largest absolute Gasteiger partial charge is 0.326 e. The lowest BCUT2D eigenvalue weighted by Crippen LogP contribution is -2.14. The van der Waals surface area contributed by atoms with Gasteiger partial charge in [-0.25, -0.2) is 13.8 Å². The number of thioether (sulfide) groups is 1. The van der Waals surface area contributed by atoms with Crippen LogP contribution in [0.15, 0.2) is 56.7 Å². The van der Waals surface area contributed by atoms with Gasteiger partial charge in [-0.15, -0.1) is 11.3 Å². The van der Waals surface area contributed by atoms with Gasteiger partial charge in [0.1, 0.15) is 4.34 Å². The molecule has 0 saturated carbocycles. The summed E-state index contributed by atoms with van der Waals surface area (Å²) in [6.45, 7) is 0. The average Bonchev–Trinajstić information content (AvgIpc) is 3.05. The quantitative estimate of drug-likeness (QED) is 0.488. The molecule has 134 valence electrons. The summed E-state index contributed by atoms with van der Waals surface area (Å²) in [6.07, 6.45) is 0.0777. The third-order valence-corrected chi connectivity index (χ3v) is 6.02. The Balaban J connectivity index is 1.53. The second-order valence-electron chi connectivity index (χ2n) is 5.37. The Bertz CT molecular complexity index is 916. The van der Waals surface area contributed by atoms with Gasteiger partial charge in [0, 0.05) is 27.4 Å². The summed E-state index contributed by atoms with van der Waals surface area (Å²) in [6, 6.07) is 11.3. The van der Waals surface area contributed by atoms with Crippen molar-refractivity contribution in [3.05, 3.63) is 75.2 Å². The molecule has 2 aromatic carbocycles. The zero-order chi connectivity index (χ0) is 18.5. The minimum absolute atomic E-state index is 0.0777. The molecule has 0 unspecified atom stereocenters. The Morgan fingerprint density at radius 2 is 1.92 bits per heavy atom. The van der Waals surface area contributed by atoms with Crippen LogP contribution in [0.3, 0.4) is 0 Å². The van der Waals surface area contributed by atoms with Crippen molar-refractivity contribution in [2.24, 2.45) is 0 Å². The second kappa shape index (κ2) is 8.75. The maximum absolute atomic E-state index is 13.2. The van der Waals surface area contributed by atoms with Gasteiger partial charge in [0.15, 0.2) is 11.6 Å². The highest BCUT2D eigenvalue weighted by molar-refractivity contribution is 9.10. The summed E-state index contributed by atoms with van der Waals surface area (Å²) in [5, 5.41) is 4.37. The number of aromatic nitrogens is 1. The number of anilines is 1. The van der Waals surface area contributed by atoms with Gasteiger partial charge in [0.05, 0.1) is 12.1 Å². The Hall–Kier alpha value is -1.77. The normalized spacial score (nSPS) is 10.7. The number of halogens is 3. The van der Waals surface area contributed by atoms with Gasteiger partial charge in [-0.3, -0.25) is 4.79 Å². The molecule has 8 heteroatoms. The lowest BCUT2D eigenvalue weighted by atomic mass is 10.2. The van der Waals surface area contributed by atoms with Crippen LogP contribution in [0.2, 0.25) is 0 Å². The molecule has 3 rings (SSSR count). The van der Waals surface area contributed by atoms with Gasteiger partial charge >= 0.3 is 0 Å². The van der Waals surface area contributed by atoms with E-state index in [-0.39, 0.29) is 18.0 Å². The number of amides is 1. The Labute approximate surface area is 166 Å². The molecule has 0 bridgehead atoms. The molecule has 1 heterocycles. The molecule has 3 aromatic rings. The topological polar surface area (TPSA) is 42.0 Å². The van der Waals surface area contributed by atoms with Crippen molar-refractivity contribution in [2.45, 2.75) is 16.5 Å². The molecule has 0 saturated heterocycles. The van der Waals surface area contributed by atoms with Crippen molar-refractivity contribution < 1.29 is 13.6 Å². The molecular weight excluding hydrogens is 442 g/mol. The van der Waals surface area contributed by atoms with Crippen molar-refractivity contribution in [1.82, 2.24) is 4.98 Å². The number of benzene rings is 2. The summed E-state index contributed by atoms with van der Waals surface area (Å²) in [5.41, 5.74) is 2.05. The van der Waals surface area contributed by atoms with Crippen LogP contribution in [0.1, 0.15) is 11.3 Å². The molecule has 0 aliphatic rings. The predicted molar refractivity (Wildman–Crippen MR) is 105 cm³/mol. The van der Waals surface area contributed by atoms with Crippen molar-refractivity contribution in [2.75, 3.05) is 5.32 Å². The summed E-state index contributed by atoms with van der Waals surface area (Å²) in [4.78, 5) is 16.5. The third kappa shape index (κ3) is 5.36. The van der Waals surface area contributed by atoms with E-state index in [1.54, 1.807) is 11.8 Å². The van der Waals surface area contributed by atoms with Crippen molar-refractivity contribution in [3.8, 4) is 0 Å². The highest BCUT2D eigenvalue weighted by atomic mass is 79.9. The van der Waals surface area contributed by atoms with Crippen LogP contribution in [0.5, 0.6) is 0 Å². The first kappa shape index (κ1) is 19.0. The zero-order valence-corrected chi connectivity index (χ0v) is 16.6. The summed E-state index contributed by atoms with van der Waals surface area (Å²) < 4.78 is 28.0.